The van der Waals surface area contributed by atoms with Crippen molar-refractivity contribution >= 4 is 5.78 Å². The monoisotopic (exact) mass is 232 g/mol. The van der Waals surface area contributed by atoms with Gasteiger partial charge in [0.15, 0.2) is 5.78 Å². The lowest BCUT2D eigenvalue weighted by Gasteiger charge is -2.20. The van der Waals surface area contributed by atoms with Crippen molar-refractivity contribution in [2.24, 2.45) is 17.8 Å². The van der Waals surface area contributed by atoms with Gasteiger partial charge in [-0.05, 0) is 61.8 Å². The lowest BCUT2D eigenvalue weighted by atomic mass is 9.83. The van der Waals surface area contributed by atoms with Crippen molar-refractivity contribution in [1.29, 1.82) is 0 Å². The zero-order chi connectivity index (χ0) is 12.0. The summed E-state index contributed by atoms with van der Waals surface area (Å²) >= 11 is 0. The summed E-state index contributed by atoms with van der Waals surface area (Å²) in [5.41, 5.74) is 1.40. The Labute approximate surface area is 101 Å². The average Bonchev–Trinajstić information content (AvgIpc) is 2.88. The Balaban J connectivity index is 1.86. The van der Waals surface area contributed by atoms with E-state index in [1.807, 2.05) is 13.0 Å². The summed E-state index contributed by atoms with van der Waals surface area (Å²) < 4.78 is 13.3. The van der Waals surface area contributed by atoms with Crippen LogP contribution >= 0.6 is 0 Å². The lowest BCUT2D eigenvalue weighted by Crippen LogP contribution is -2.21. The summed E-state index contributed by atoms with van der Waals surface area (Å²) in [5.74, 6) is 1.35. The number of carbonyl (C=O) groups is 1. The summed E-state index contributed by atoms with van der Waals surface area (Å²) in [5, 5.41) is 0. The molecule has 1 aromatic carbocycles. The van der Waals surface area contributed by atoms with E-state index >= 15 is 0 Å². The Morgan fingerprint density at radius 3 is 2.65 bits per heavy atom. The van der Waals surface area contributed by atoms with Gasteiger partial charge in [-0.2, -0.15) is 0 Å². The molecular formula is C15H17FO. The summed E-state index contributed by atoms with van der Waals surface area (Å²) in [6, 6.07) is 4.68. The number of carbonyl (C=O) groups excluding carboxylic acids is 1. The molecule has 0 aromatic heterocycles. The molecule has 0 aliphatic heterocycles. The maximum atomic E-state index is 13.3. The minimum atomic E-state index is -0.295. The number of ketones is 1. The Morgan fingerprint density at radius 1 is 1.24 bits per heavy atom. The fourth-order valence-electron chi connectivity index (χ4n) is 3.66. The van der Waals surface area contributed by atoms with E-state index in [0.29, 0.717) is 11.5 Å². The van der Waals surface area contributed by atoms with Crippen molar-refractivity contribution < 1.29 is 9.18 Å². The molecule has 2 aliphatic rings. The number of hydrogen-bond acceptors (Lipinski definition) is 1. The van der Waals surface area contributed by atoms with E-state index in [1.54, 1.807) is 0 Å². The van der Waals surface area contributed by atoms with Crippen molar-refractivity contribution in [1.82, 2.24) is 0 Å². The van der Waals surface area contributed by atoms with Crippen LogP contribution in [0, 0.1) is 30.5 Å². The Hall–Kier alpha value is -1.18. The number of Topliss-reactive ketones (excluding diaryl/α,β-unsaturated/α-hetero) is 1. The van der Waals surface area contributed by atoms with Crippen LogP contribution in [-0.2, 0) is 0 Å². The topological polar surface area (TPSA) is 17.1 Å². The highest BCUT2D eigenvalue weighted by Crippen LogP contribution is 2.49. The predicted octanol–water partition coefficient (Wildman–Crippen LogP) is 3.75. The van der Waals surface area contributed by atoms with Gasteiger partial charge in [0.1, 0.15) is 5.82 Å². The first-order valence-electron chi connectivity index (χ1n) is 6.45. The first kappa shape index (κ1) is 10.9. The van der Waals surface area contributed by atoms with Crippen molar-refractivity contribution in [2.75, 3.05) is 0 Å². The Bertz CT molecular complexity index is 446. The van der Waals surface area contributed by atoms with Gasteiger partial charge in [0.05, 0.1) is 0 Å². The number of halogens is 1. The Kier molecular flexibility index (Phi) is 2.53. The third-order valence-corrected chi connectivity index (χ3v) is 4.40. The third-order valence-electron chi connectivity index (χ3n) is 4.40. The molecule has 0 radical (unpaired) electrons. The molecule has 3 unspecified atom stereocenters. The lowest BCUT2D eigenvalue weighted by molar-refractivity contribution is 0.0874. The van der Waals surface area contributed by atoms with Crippen molar-refractivity contribution in [3.63, 3.8) is 0 Å². The average molecular weight is 232 g/mol. The molecule has 3 atom stereocenters. The summed E-state index contributed by atoms with van der Waals surface area (Å²) in [4.78, 5) is 12.4. The summed E-state index contributed by atoms with van der Waals surface area (Å²) in [6.45, 7) is 1.83. The van der Waals surface area contributed by atoms with Crippen molar-refractivity contribution in [3.8, 4) is 0 Å². The highest BCUT2D eigenvalue weighted by atomic mass is 19.1. The molecule has 3 rings (SSSR count). The molecule has 2 saturated carbocycles. The SMILES string of the molecule is Cc1cc(F)cc(C(=O)C2CC3CCC2C3)c1. The second kappa shape index (κ2) is 3.94. The first-order valence-corrected chi connectivity index (χ1v) is 6.45. The molecule has 0 spiro atoms. The first-order chi connectivity index (χ1) is 8.13. The number of rotatable bonds is 2. The van der Waals surface area contributed by atoms with E-state index in [4.69, 9.17) is 0 Å². The number of aryl methyl sites for hydroxylation is 1. The molecule has 17 heavy (non-hydrogen) atoms. The maximum Gasteiger partial charge on any atom is 0.166 e. The minimum absolute atomic E-state index is 0.162. The van der Waals surface area contributed by atoms with E-state index < -0.39 is 0 Å². The van der Waals surface area contributed by atoms with Gasteiger partial charge < -0.3 is 0 Å². The third kappa shape index (κ3) is 1.90. The molecular weight excluding hydrogens is 215 g/mol. The van der Waals surface area contributed by atoms with Crippen LogP contribution in [0.3, 0.4) is 0 Å². The van der Waals surface area contributed by atoms with Crippen LogP contribution in [0.2, 0.25) is 0 Å². The highest BCUT2D eigenvalue weighted by Gasteiger charge is 2.43. The molecule has 0 heterocycles. The Morgan fingerprint density at radius 2 is 2.06 bits per heavy atom. The second-order valence-corrected chi connectivity index (χ2v) is 5.66. The second-order valence-electron chi connectivity index (χ2n) is 5.66. The van der Waals surface area contributed by atoms with Gasteiger partial charge in [0.25, 0.3) is 0 Å². The molecule has 1 nitrogen and oxygen atoms in total. The summed E-state index contributed by atoms with van der Waals surface area (Å²) in [7, 11) is 0. The maximum absolute atomic E-state index is 13.3. The van der Waals surface area contributed by atoms with Crippen LogP contribution in [-0.4, -0.2) is 5.78 Å². The van der Waals surface area contributed by atoms with Crippen LogP contribution in [0.4, 0.5) is 4.39 Å². The summed E-state index contributed by atoms with van der Waals surface area (Å²) in [6.07, 6.45) is 4.72. The molecule has 0 saturated heterocycles. The molecule has 0 N–H and O–H groups in total. The van der Waals surface area contributed by atoms with Gasteiger partial charge in [0, 0.05) is 11.5 Å². The molecule has 1 aromatic rings. The fourth-order valence-corrected chi connectivity index (χ4v) is 3.66. The van der Waals surface area contributed by atoms with Gasteiger partial charge in [-0.1, -0.05) is 6.42 Å². The van der Waals surface area contributed by atoms with E-state index in [1.165, 1.54) is 31.4 Å². The van der Waals surface area contributed by atoms with Gasteiger partial charge in [0.2, 0.25) is 0 Å². The van der Waals surface area contributed by atoms with Crippen LogP contribution in [0.1, 0.15) is 41.6 Å². The molecule has 2 fully saturated rings. The smallest absolute Gasteiger partial charge is 0.166 e. The molecule has 2 bridgehead atoms. The zero-order valence-electron chi connectivity index (χ0n) is 10.1. The van der Waals surface area contributed by atoms with Gasteiger partial charge in [-0.15, -0.1) is 0 Å². The van der Waals surface area contributed by atoms with E-state index in [0.717, 1.165) is 17.9 Å². The number of benzene rings is 1. The normalized spacial score (nSPS) is 30.8. The molecule has 2 aliphatic carbocycles. The van der Waals surface area contributed by atoms with Crippen LogP contribution in [0.15, 0.2) is 18.2 Å². The van der Waals surface area contributed by atoms with Gasteiger partial charge in [-0.3, -0.25) is 4.79 Å². The van der Waals surface area contributed by atoms with Gasteiger partial charge >= 0.3 is 0 Å². The minimum Gasteiger partial charge on any atom is -0.294 e. The van der Waals surface area contributed by atoms with Crippen molar-refractivity contribution in [2.45, 2.75) is 32.6 Å². The standard InChI is InChI=1S/C15H17FO/c1-9-4-12(8-13(16)5-9)15(17)14-7-10-2-3-11(14)6-10/h4-5,8,10-11,14H,2-3,6-7H2,1H3. The molecule has 0 amide bonds. The molecule has 2 heteroatoms. The number of fused-ring (bicyclic) bond motifs is 2. The predicted molar refractivity (Wildman–Crippen MR) is 64.4 cm³/mol. The van der Waals surface area contributed by atoms with Crippen molar-refractivity contribution in [3.05, 3.63) is 35.1 Å². The van der Waals surface area contributed by atoms with E-state index in [9.17, 15) is 9.18 Å². The van der Waals surface area contributed by atoms with Crippen LogP contribution in [0.25, 0.3) is 0 Å². The largest absolute Gasteiger partial charge is 0.294 e. The number of hydrogen-bond donors (Lipinski definition) is 0. The van der Waals surface area contributed by atoms with Gasteiger partial charge in [-0.25, -0.2) is 4.39 Å². The van der Waals surface area contributed by atoms with E-state index in [-0.39, 0.29) is 17.5 Å². The molecule has 90 valence electrons. The van der Waals surface area contributed by atoms with Crippen LogP contribution in [0.5, 0.6) is 0 Å². The fraction of sp³-hybridized carbons (Fsp3) is 0.533. The van der Waals surface area contributed by atoms with Crippen LogP contribution < -0.4 is 0 Å². The highest BCUT2D eigenvalue weighted by molar-refractivity contribution is 5.98. The van der Waals surface area contributed by atoms with E-state index in [2.05, 4.69) is 0 Å². The zero-order valence-corrected chi connectivity index (χ0v) is 10.1. The quantitative estimate of drug-likeness (QED) is 0.710.